The first-order valence-corrected chi connectivity index (χ1v) is 6.31. The molecule has 0 aliphatic heterocycles. The Morgan fingerprint density at radius 3 is 2.68 bits per heavy atom. The van der Waals surface area contributed by atoms with E-state index in [1.807, 2.05) is 12.1 Å². The van der Waals surface area contributed by atoms with E-state index >= 15 is 0 Å². The molecule has 94 valence electrons. The van der Waals surface area contributed by atoms with Crippen LogP contribution < -0.4 is 0 Å². The molecular formula is C16H15N3. The molecule has 3 nitrogen and oxygen atoms in total. The molecule has 0 bridgehead atoms. The van der Waals surface area contributed by atoms with Crippen molar-refractivity contribution in [2.24, 2.45) is 0 Å². The summed E-state index contributed by atoms with van der Waals surface area (Å²) in [5.74, 6) is 0. The number of hydrogen-bond donors (Lipinski definition) is 1. The second-order valence-electron chi connectivity index (χ2n) is 4.68. The summed E-state index contributed by atoms with van der Waals surface area (Å²) in [5, 5.41) is 7.45. The van der Waals surface area contributed by atoms with Crippen molar-refractivity contribution in [3.63, 3.8) is 0 Å². The molecule has 0 amide bonds. The van der Waals surface area contributed by atoms with Crippen LogP contribution in [0.5, 0.6) is 0 Å². The molecule has 0 fully saturated rings. The van der Waals surface area contributed by atoms with Crippen molar-refractivity contribution in [2.45, 2.75) is 13.3 Å². The average Bonchev–Trinajstić information content (AvgIpc) is 2.88. The van der Waals surface area contributed by atoms with E-state index in [1.54, 1.807) is 12.4 Å². The number of benzene rings is 1. The van der Waals surface area contributed by atoms with Crippen molar-refractivity contribution in [3.8, 4) is 11.3 Å². The summed E-state index contributed by atoms with van der Waals surface area (Å²) < 4.78 is 0. The van der Waals surface area contributed by atoms with Crippen molar-refractivity contribution in [2.75, 3.05) is 0 Å². The lowest BCUT2D eigenvalue weighted by molar-refractivity contribution is 0.997. The van der Waals surface area contributed by atoms with E-state index in [9.17, 15) is 0 Å². The van der Waals surface area contributed by atoms with E-state index in [4.69, 9.17) is 0 Å². The van der Waals surface area contributed by atoms with E-state index in [0.29, 0.717) is 0 Å². The summed E-state index contributed by atoms with van der Waals surface area (Å²) in [6, 6.07) is 14.6. The molecule has 2 aromatic heterocycles. The largest absolute Gasteiger partial charge is 0.282 e. The van der Waals surface area contributed by atoms with Crippen molar-refractivity contribution < 1.29 is 0 Å². The smallest absolute Gasteiger partial charge is 0.0924 e. The predicted octanol–water partition coefficient (Wildman–Crippen LogP) is 3.37. The first-order chi connectivity index (χ1) is 9.31. The van der Waals surface area contributed by atoms with Crippen LogP contribution in [0.4, 0.5) is 0 Å². The van der Waals surface area contributed by atoms with E-state index < -0.39 is 0 Å². The van der Waals surface area contributed by atoms with E-state index in [2.05, 4.69) is 52.4 Å². The van der Waals surface area contributed by atoms with Crippen molar-refractivity contribution >= 4 is 0 Å². The van der Waals surface area contributed by atoms with Gasteiger partial charge in [0, 0.05) is 30.1 Å². The molecule has 0 saturated heterocycles. The number of aryl methyl sites for hydroxylation is 1. The van der Waals surface area contributed by atoms with Crippen LogP contribution in [0.15, 0.2) is 54.9 Å². The van der Waals surface area contributed by atoms with Gasteiger partial charge in [-0.2, -0.15) is 5.10 Å². The fourth-order valence-electron chi connectivity index (χ4n) is 2.16. The first kappa shape index (κ1) is 11.7. The third-order valence-corrected chi connectivity index (χ3v) is 3.08. The fraction of sp³-hybridized carbons (Fsp3) is 0.125. The normalized spacial score (nSPS) is 10.6. The molecule has 0 aliphatic carbocycles. The number of pyridine rings is 1. The Morgan fingerprint density at radius 2 is 1.89 bits per heavy atom. The number of hydrogen-bond acceptors (Lipinski definition) is 2. The molecule has 3 aromatic rings. The Kier molecular flexibility index (Phi) is 3.11. The van der Waals surface area contributed by atoms with Gasteiger partial charge in [-0.05, 0) is 30.7 Å². The Balaban J connectivity index is 1.82. The van der Waals surface area contributed by atoms with Crippen LogP contribution in [0, 0.1) is 6.92 Å². The molecule has 1 aromatic carbocycles. The molecule has 0 spiro atoms. The van der Waals surface area contributed by atoms with Crippen LogP contribution in [0.25, 0.3) is 11.3 Å². The van der Waals surface area contributed by atoms with Gasteiger partial charge < -0.3 is 0 Å². The van der Waals surface area contributed by atoms with Gasteiger partial charge in [0.25, 0.3) is 0 Å². The highest BCUT2D eigenvalue weighted by molar-refractivity contribution is 5.58. The zero-order valence-corrected chi connectivity index (χ0v) is 10.8. The molecule has 3 rings (SSSR count). The lowest BCUT2D eigenvalue weighted by Crippen LogP contribution is -1.88. The number of H-pyrrole nitrogens is 1. The number of aromatic amines is 1. The number of nitrogens with one attached hydrogen (secondary N) is 1. The van der Waals surface area contributed by atoms with Crippen LogP contribution in [-0.4, -0.2) is 15.2 Å². The van der Waals surface area contributed by atoms with Gasteiger partial charge in [0.1, 0.15) is 0 Å². The van der Waals surface area contributed by atoms with Crippen LogP contribution in [-0.2, 0) is 6.42 Å². The molecule has 0 saturated carbocycles. The van der Waals surface area contributed by atoms with Gasteiger partial charge in [0.05, 0.1) is 5.69 Å². The molecule has 1 N–H and O–H groups in total. The van der Waals surface area contributed by atoms with Crippen LogP contribution >= 0.6 is 0 Å². The van der Waals surface area contributed by atoms with Gasteiger partial charge in [-0.25, -0.2) is 0 Å². The van der Waals surface area contributed by atoms with Gasteiger partial charge in [0.15, 0.2) is 0 Å². The van der Waals surface area contributed by atoms with Crippen LogP contribution in [0.1, 0.15) is 16.8 Å². The number of rotatable bonds is 3. The monoisotopic (exact) mass is 249 g/mol. The Morgan fingerprint density at radius 1 is 1.05 bits per heavy atom. The molecule has 0 unspecified atom stereocenters. The topological polar surface area (TPSA) is 41.6 Å². The standard InChI is InChI=1S/C16H15N3/c1-12-3-2-4-13(9-12)10-15-11-16(19-18-15)14-5-7-17-8-6-14/h2-9,11H,10H2,1H3,(H,18,19). The maximum absolute atomic E-state index is 4.35. The summed E-state index contributed by atoms with van der Waals surface area (Å²) in [6.07, 6.45) is 4.44. The highest BCUT2D eigenvalue weighted by Gasteiger charge is 2.04. The maximum Gasteiger partial charge on any atom is 0.0924 e. The van der Waals surface area contributed by atoms with Gasteiger partial charge in [-0.1, -0.05) is 29.8 Å². The third-order valence-electron chi connectivity index (χ3n) is 3.08. The minimum Gasteiger partial charge on any atom is -0.282 e. The zero-order chi connectivity index (χ0) is 13.1. The number of nitrogens with zero attached hydrogens (tertiary/aromatic N) is 2. The van der Waals surface area contributed by atoms with Gasteiger partial charge >= 0.3 is 0 Å². The lowest BCUT2D eigenvalue weighted by atomic mass is 10.1. The molecule has 19 heavy (non-hydrogen) atoms. The minimum atomic E-state index is 0.875. The molecule has 0 aliphatic rings. The van der Waals surface area contributed by atoms with E-state index in [-0.39, 0.29) is 0 Å². The predicted molar refractivity (Wildman–Crippen MR) is 75.8 cm³/mol. The van der Waals surface area contributed by atoms with Crippen molar-refractivity contribution in [1.29, 1.82) is 0 Å². The Bertz CT molecular complexity index is 671. The summed E-state index contributed by atoms with van der Waals surface area (Å²) in [6.45, 7) is 2.11. The Labute approximate surface area is 112 Å². The lowest BCUT2D eigenvalue weighted by Gasteiger charge is -1.99. The van der Waals surface area contributed by atoms with Crippen molar-refractivity contribution in [3.05, 3.63) is 71.7 Å². The SMILES string of the molecule is Cc1cccc(Cc2cc(-c3ccncc3)n[nH]2)c1. The Hall–Kier alpha value is -2.42. The van der Waals surface area contributed by atoms with E-state index in [1.165, 1.54) is 11.1 Å². The molecule has 0 atom stereocenters. The summed E-state index contributed by atoms with van der Waals surface area (Å²) in [4.78, 5) is 4.02. The molecule has 2 heterocycles. The van der Waals surface area contributed by atoms with Gasteiger partial charge in [-0.15, -0.1) is 0 Å². The first-order valence-electron chi connectivity index (χ1n) is 6.31. The average molecular weight is 249 g/mol. The zero-order valence-electron chi connectivity index (χ0n) is 10.8. The van der Waals surface area contributed by atoms with Crippen LogP contribution in [0.3, 0.4) is 0 Å². The van der Waals surface area contributed by atoms with Gasteiger partial charge in [-0.3, -0.25) is 10.1 Å². The fourth-order valence-corrected chi connectivity index (χ4v) is 2.16. The molecule has 3 heteroatoms. The van der Waals surface area contributed by atoms with Gasteiger partial charge in [0.2, 0.25) is 0 Å². The second kappa shape index (κ2) is 5.06. The van der Waals surface area contributed by atoms with Crippen LogP contribution in [0.2, 0.25) is 0 Å². The van der Waals surface area contributed by atoms with E-state index in [0.717, 1.165) is 23.4 Å². The summed E-state index contributed by atoms with van der Waals surface area (Å²) >= 11 is 0. The minimum absolute atomic E-state index is 0.875. The highest BCUT2D eigenvalue weighted by Crippen LogP contribution is 2.18. The van der Waals surface area contributed by atoms with Crippen molar-refractivity contribution in [1.82, 2.24) is 15.2 Å². The molecule has 0 radical (unpaired) electrons. The second-order valence-corrected chi connectivity index (χ2v) is 4.68. The number of aromatic nitrogens is 3. The third kappa shape index (κ3) is 2.71. The molecular weight excluding hydrogens is 234 g/mol. The highest BCUT2D eigenvalue weighted by atomic mass is 15.1. The summed E-state index contributed by atoms with van der Waals surface area (Å²) in [7, 11) is 0. The maximum atomic E-state index is 4.35. The summed E-state index contributed by atoms with van der Waals surface area (Å²) in [5.41, 5.74) is 5.75. The quantitative estimate of drug-likeness (QED) is 0.773.